The van der Waals surface area contributed by atoms with Crippen molar-refractivity contribution in [3.63, 3.8) is 0 Å². The second-order valence-electron chi connectivity index (χ2n) is 7.37. The molecule has 0 saturated carbocycles. The van der Waals surface area contributed by atoms with Crippen LogP contribution in [0.15, 0.2) is 60.8 Å². The number of aromatic nitrogens is 2. The lowest BCUT2D eigenvalue weighted by atomic mass is 10.1. The van der Waals surface area contributed by atoms with Crippen LogP contribution in [0.5, 0.6) is 0 Å². The van der Waals surface area contributed by atoms with Crippen LogP contribution in [0.3, 0.4) is 0 Å². The molecule has 0 spiro atoms. The molecular weight excluding hydrogens is 400 g/mol. The Morgan fingerprint density at radius 1 is 1.03 bits per heavy atom. The van der Waals surface area contributed by atoms with Gasteiger partial charge in [0.25, 0.3) is 5.91 Å². The average Bonchev–Trinajstić information content (AvgIpc) is 3.08. The van der Waals surface area contributed by atoms with Gasteiger partial charge in [0.2, 0.25) is 10.0 Å². The smallest absolute Gasteiger partial charge is 0.255 e. The highest BCUT2D eigenvalue weighted by Crippen LogP contribution is 2.15. The topological polar surface area (TPSA) is 93.1 Å². The molecule has 0 radical (unpaired) electrons. The molecule has 0 aliphatic carbocycles. The molecule has 0 bridgehead atoms. The van der Waals surface area contributed by atoms with E-state index in [1.165, 1.54) is 0 Å². The third kappa shape index (κ3) is 5.34. The van der Waals surface area contributed by atoms with Gasteiger partial charge < -0.3 is 5.32 Å². The number of sulfonamides is 1. The molecule has 0 aliphatic heterocycles. The van der Waals surface area contributed by atoms with Gasteiger partial charge in [-0.3, -0.25) is 4.79 Å². The summed E-state index contributed by atoms with van der Waals surface area (Å²) in [6.45, 7) is 5.62. The summed E-state index contributed by atoms with van der Waals surface area (Å²) < 4.78 is 28.9. The molecule has 0 unspecified atom stereocenters. The Bertz CT molecular complexity index is 1120. The minimum Gasteiger partial charge on any atom is -0.348 e. The average molecular weight is 427 g/mol. The van der Waals surface area contributed by atoms with Crippen LogP contribution in [0.4, 0.5) is 0 Å². The highest BCUT2D eigenvalue weighted by Gasteiger charge is 2.18. The normalized spacial score (nSPS) is 11.6. The van der Waals surface area contributed by atoms with E-state index in [-0.39, 0.29) is 24.2 Å². The maximum atomic E-state index is 12.7. The number of benzene rings is 2. The molecule has 7 nitrogen and oxygen atoms in total. The zero-order valence-corrected chi connectivity index (χ0v) is 18.1. The van der Waals surface area contributed by atoms with Crippen molar-refractivity contribution >= 4 is 15.9 Å². The Morgan fingerprint density at radius 2 is 1.67 bits per heavy atom. The molecule has 3 aromatic rings. The van der Waals surface area contributed by atoms with Crippen molar-refractivity contribution in [2.24, 2.45) is 0 Å². The Kier molecular flexibility index (Phi) is 6.69. The molecule has 3 rings (SSSR count). The van der Waals surface area contributed by atoms with Crippen LogP contribution < -0.4 is 10.0 Å². The van der Waals surface area contributed by atoms with Gasteiger partial charge in [-0.2, -0.15) is 5.10 Å². The Balaban J connectivity index is 1.73. The molecule has 2 N–H and O–H groups in total. The van der Waals surface area contributed by atoms with Gasteiger partial charge >= 0.3 is 0 Å². The number of carbonyl (C=O) groups excluding carboxylic acids is 1. The number of nitrogens with zero attached hydrogens (tertiary/aromatic N) is 2. The SMILES string of the molecule is Cc1c(C(=O)NCc2ccccc2CS(=O)(=O)NC(C)C)cnn1-c1ccccc1. The second-order valence-corrected chi connectivity index (χ2v) is 9.13. The monoisotopic (exact) mass is 426 g/mol. The Morgan fingerprint density at radius 3 is 2.33 bits per heavy atom. The van der Waals surface area contributed by atoms with Crippen LogP contribution in [-0.2, 0) is 22.3 Å². The van der Waals surface area contributed by atoms with Crippen LogP contribution in [0.1, 0.15) is 41.0 Å². The number of hydrogen-bond acceptors (Lipinski definition) is 4. The van der Waals surface area contributed by atoms with E-state index in [1.54, 1.807) is 36.9 Å². The molecule has 8 heteroatoms. The van der Waals surface area contributed by atoms with Crippen LogP contribution in [0.25, 0.3) is 5.69 Å². The van der Waals surface area contributed by atoms with Gasteiger partial charge in [0, 0.05) is 12.6 Å². The predicted octanol–water partition coefficient (Wildman–Crippen LogP) is 2.94. The van der Waals surface area contributed by atoms with Gasteiger partial charge in [0.15, 0.2) is 0 Å². The number of nitrogens with one attached hydrogen (secondary N) is 2. The fraction of sp³-hybridized carbons (Fsp3) is 0.273. The van der Waals surface area contributed by atoms with Crippen LogP contribution in [-0.4, -0.2) is 30.1 Å². The van der Waals surface area contributed by atoms with E-state index < -0.39 is 10.0 Å². The van der Waals surface area contributed by atoms with Gasteiger partial charge in [0.1, 0.15) is 0 Å². The predicted molar refractivity (Wildman–Crippen MR) is 117 cm³/mol. The molecular formula is C22H26N4O3S. The number of rotatable bonds is 8. The number of hydrogen-bond donors (Lipinski definition) is 2. The minimum absolute atomic E-state index is 0.137. The standard InChI is InChI=1S/C22H26N4O3S/c1-16(2)25-30(28,29)15-19-10-8-7-9-18(19)13-23-22(27)21-14-24-26(17(21)3)20-11-5-4-6-12-20/h4-12,14,16,25H,13,15H2,1-3H3,(H,23,27). The van der Waals surface area contributed by atoms with E-state index in [0.29, 0.717) is 11.1 Å². The highest BCUT2D eigenvalue weighted by atomic mass is 32.2. The van der Waals surface area contributed by atoms with Crippen molar-refractivity contribution in [3.8, 4) is 5.69 Å². The lowest BCUT2D eigenvalue weighted by Gasteiger charge is -2.13. The van der Waals surface area contributed by atoms with Gasteiger partial charge in [-0.25, -0.2) is 17.8 Å². The number of amides is 1. The summed E-state index contributed by atoms with van der Waals surface area (Å²) in [4.78, 5) is 12.7. The summed E-state index contributed by atoms with van der Waals surface area (Å²) in [7, 11) is -3.46. The van der Waals surface area contributed by atoms with Crippen molar-refractivity contribution in [1.29, 1.82) is 0 Å². The molecule has 2 aromatic carbocycles. The molecule has 0 saturated heterocycles. The maximum Gasteiger partial charge on any atom is 0.255 e. The molecule has 1 amide bonds. The van der Waals surface area contributed by atoms with E-state index in [4.69, 9.17) is 0 Å². The quantitative estimate of drug-likeness (QED) is 0.579. The third-order valence-corrected chi connectivity index (χ3v) is 6.10. The van der Waals surface area contributed by atoms with Crippen molar-refractivity contribution in [2.45, 2.75) is 39.1 Å². The van der Waals surface area contributed by atoms with Gasteiger partial charge in [-0.05, 0) is 44.0 Å². The first kappa shape index (κ1) is 21.7. The first-order chi connectivity index (χ1) is 14.3. The molecule has 1 heterocycles. The summed E-state index contributed by atoms with van der Waals surface area (Å²) in [6, 6.07) is 16.6. The molecule has 158 valence electrons. The number of para-hydroxylation sites is 1. The lowest BCUT2D eigenvalue weighted by Crippen LogP contribution is -2.32. The van der Waals surface area contributed by atoms with Crippen molar-refractivity contribution < 1.29 is 13.2 Å². The number of carbonyl (C=O) groups is 1. The Hall–Kier alpha value is -2.97. The van der Waals surface area contributed by atoms with Crippen LogP contribution in [0.2, 0.25) is 0 Å². The van der Waals surface area contributed by atoms with Crippen LogP contribution >= 0.6 is 0 Å². The van der Waals surface area contributed by atoms with E-state index in [1.807, 2.05) is 49.4 Å². The van der Waals surface area contributed by atoms with E-state index >= 15 is 0 Å². The zero-order chi connectivity index (χ0) is 21.7. The second kappa shape index (κ2) is 9.23. The lowest BCUT2D eigenvalue weighted by molar-refractivity contribution is 0.0950. The Labute approximate surface area is 177 Å². The summed E-state index contributed by atoms with van der Waals surface area (Å²) in [5, 5.41) is 7.20. The first-order valence-corrected chi connectivity index (χ1v) is 11.4. The van der Waals surface area contributed by atoms with Crippen LogP contribution in [0, 0.1) is 6.92 Å². The molecule has 0 atom stereocenters. The van der Waals surface area contributed by atoms with Crippen molar-refractivity contribution in [3.05, 3.63) is 83.2 Å². The summed E-state index contributed by atoms with van der Waals surface area (Å²) >= 11 is 0. The summed E-state index contributed by atoms with van der Waals surface area (Å²) in [5.41, 5.74) is 3.50. The van der Waals surface area contributed by atoms with Gasteiger partial charge in [-0.1, -0.05) is 42.5 Å². The molecule has 0 aliphatic rings. The van der Waals surface area contributed by atoms with Gasteiger partial charge in [0.05, 0.1) is 28.9 Å². The van der Waals surface area contributed by atoms with Crippen molar-refractivity contribution in [2.75, 3.05) is 0 Å². The highest BCUT2D eigenvalue weighted by molar-refractivity contribution is 7.88. The van der Waals surface area contributed by atoms with Gasteiger partial charge in [-0.15, -0.1) is 0 Å². The first-order valence-electron chi connectivity index (χ1n) is 9.72. The van der Waals surface area contributed by atoms with E-state index in [2.05, 4.69) is 15.1 Å². The molecule has 1 aromatic heterocycles. The largest absolute Gasteiger partial charge is 0.348 e. The third-order valence-electron chi connectivity index (χ3n) is 4.57. The maximum absolute atomic E-state index is 12.7. The minimum atomic E-state index is -3.46. The fourth-order valence-electron chi connectivity index (χ4n) is 3.21. The summed E-state index contributed by atoms with van der Waals surface area (Å²) in [5.74, 6) is -0.394. The van der Waals surface area contributed by atoms with Crippen molar-refractivity contribution in [1.82, 2.24) is 19.8 Å². The van der Waals surface area contributed by atoms with E-state index in [9.17, 15) is 13.2 Å². The molecule has 30 heavy (non-hydrogen) atoms. The fourth-order valence-corrected chi connectivity index (χ4v) is 4.70. The summed E-state index contributed by atoms with van der Waals surface area (Å²) in [6.07, 6.45) is 1.54. The molecule has 0 fully saturated rings. The van der Waals surface area contributed by atoms with E-state index in [0.717, 1.165) is 16.9 Å². The zero-order valence-electron chi connectivity index (χ0n) is 17.3.